The third-order valence-corrected chi connectivity index (χ3v) is 5.99. The first-order valence-electron chi connectivity index (χ1n) is 11.0. The number of para-hydroxylation sites is 1. The Labute approximate surface area is 202 Å². The van der Waals surface area contributed by atoms with Crippen LogP contribution in [0.3, 0.4) is 0 Å². The Morgan fingerprint density at radius 1 is 0.971 bits per heavy atom. The molecule has 3 aromatic heterocycles. The molecule has 3 heterocycles. The molecule has 5 aromatic rings. The largest absolute Gasteiger partial charge is 0.296 e. The molecule has 0 saturated carbocycles. The Morgan fingerprint density at radius 3 is 2.50 bits per heavy atom. The van der Waals surface area contributed by atoms with Crippen LogP contribution in [0, 0.1) is 6.92 Å². The van der Waals surface area contributed by atoms with Crippen molar-refractivity contribution in [2.75, 3.05) is 7.05 Å². The van der Waals surface area contributed by atoms with Crippen LogP contribution in [0.1, 0.15) is 16.8 Å². The first kappa shape index (κ1) is 22.1. The summed E-state index contributed by atoms with van der Waals surface area (Å²) in [6, 6.07) is 23.2. The van der Waals surface area contributed by atoms with Crippen molar-refractivity contribution in [2.24, 2.45) is 0 Å². The molecule has 0 N–H and O–H groups in total. The maximum atomic E-state index is 12.6. The van der Waals surface area contributed by atoms with E-state index in [1.165, 1.54) is 0 Å². The third-order valence-electron chi connectivity index (χ3n) is 5.74. The fourth-order valence-corrected chi connectivity index (χ4v) is 4.23. The Bertz CT molecular complexity index is 1510. The van der Waals surface area contributed by atoms with Crippen molar-refractivity contribution in [3.8, 4) is 16.9 Å². The minimum absolute atomic E-state index is 0.0733. The van der Waals surface area contributed by atoms with E-state index in [0.29, 0.717) is 23.8 Å². The lowest BCUT2D eigenvalue weighted by atomic mass is 10.1. The molecule has 6 nitrogen and oxygen atoms in total. The second-order valence-corrected chi connectivity index (χ2v) is 8.87. The number of halogens is 1. The monoisotopic (exact) mass is 469 g/mol. The van der Waals surface area contributed by atoms with Crippen molar-refractivity contribution in [1.82, 2.24) is 24.1 Å². The fourth-order valence-electron chi connectivity index (χ4n) is 4.10. The summed E-state index contributed by atoms with van der Waals surface area (Å²) >= 11 is 6.11. The number of pyridine rings is 1. The molecule has 0 spiro atoms. The molecule has 0 bridgehead atoms. The van der Waals surface area contributed by atoms with Gasteiger partial charge in [0.15, 0.2) is 0 Å². The van der Waals surface area contributed by atoms with Crippen molar-refractivity contribution in [3.05, 3.63) is 117 Å². The standard InChI is InChI=1S/C27H24ClN5O/c1-19-7-6-14-32-25(34)15-23(29-27(19)32)18-31(2)16-21-17-33(24-8-4-3-5-9-24)30-26(21)20-10-12-22(28)13-11-20/h3-15,17H,16,18H2,1-2H3. The molecule has 2 aromatic carbocycles. The van der Waals surface area contributed by atoms with Crippen LogP contribution in [-0.2, 0) is 13.1 Å². The number of fused-ring (bicyclic) bond motifs is 1. The van der Waals surface area contributed by atoms with E-state index in [1.807, 2.05) is 85.4 Å². The average molecular weight is 470 g/mol. The molecular weight excluding hydrogens is 446 g/mol. The predicted molar refractivity (Wildman–Crippen MR) is 135 cm³/mol. The zero-order valence-corrected chi connectivity index (χ0v) is 19.8. The highest BCUT2D eigenvalue weighted by Crippen LogP contribution is 2.26. The van der Waals surface area contributed by atoms with Crippen LogP contribution in [0.2, 0.25) is 5.02 Å². The normalized spacial score (nSPS) is 11.4. The van der Waals surface area contributed by atoms with E-state index in [-0.39, 0.29) is 5.56 Å². The van der Waals surface area contributed by atoms with Crippen LogP contribution < -0.4 is 5.56 Å². The maximum Gasteiger partial charge on any atom is 0.258 e. The van der Waals surface area contributed by atoms with Crippen molar-refractivity contribution >= 4 is 17.2 Å². The van der Waals surface area contributed by atoms with Gasteiger partial charge in [0.25, 0.3) is 5.56 Å². The number of hydrogen-bond donors (Lipinski definition) is 0. The molecule has 0 aliphatic rings. The van der Waals surface area contributed by atoms with Crippen molar-refractivity contribution < 1.29 is 0 Å². The number of aromatic nitrogens is 4. The summed E-state index contributed by atoms with van der Waals surface area (Å²) < 4.78 is 3.48. The first-order chi connectivity index (χ1) is 16.5. The van der Waals surface area contributed by atoms with Gasteiger partial charge in [0.1, 0.15) is 5.65 Å². The summed E-state index contributed by atoms with van der Waals surface area (Å²) in [5.74, 6) is 0. The maximum absolute atomic E-state index is 12.6. The smallest absolute Gasteiger partial charge is 0.258 e. The molecule has 7 heteroatoms. The van der Waals surface area contributed by atoms with E-state index < -0.39 is 0 Å². The van der Waals surface area contributed by atoms with Gasteiger partial charge in [0.05, 0.1) is 17.1 Å². The molecule has 0 fully saturated rings. The van der Waals surface area contributed by atoms with Gasteiger partial charge in [-0.25, -0.2) is 9.67 Å². The highest BCUT2D eigenvalue weighted by atomic mass is 35.5. The van der Waals surface area contributed by atoms with Gasteiger partial charge >= 0.3 is 0 Å². The summed E-state index contributed by atoms with van der Waals surface area (Å²) in [4.78, 5) is 19.5. The molecule has 170 valence electrons. The number of rotatable bonds is 6. The second-order valence-electron chi connectivity index (χ2n) is 8.43. The Balaban J connectivity index is 1.47. The number of aryl methyl sites for hydroxylation is 1. The lowest BCUT2D eigenvalue weighted by Gasteiger charge is -2.16. The lowest BCUT2D eigenvalue weighted by molar-refractivity contribution is 0.315. The summed E-state index contributed by atoms with van der Waals surface area (Å²) in [6.45, 7) is 3.14. The molecule has 5 rings (SSSR count). The van der Waals surface area contributed by atoms with Gasteiger partial charge in [-0.2, -0.15) is 5.10 Å². The van der Waals surface area contributed by atoms with Gasteiger partial charge in [0, 0.05) is 47.7 Å². The highest BCUT2D eigenvalue weighted by Gasteiger charge is 2.15. The van der Waals surface area contributed by atoms with Crippen LogP contribution in [0.5, 0.6) is 0 Å². The Hall–Kier alpha value is -3.74. The zero-order chi connectivity index (χ0) is 23.7. The summed E-state index contributed by atoms with van der Waals surface area (Å²) in [5.41, 5.74) is 6.29. The lowest BCUT2D eigenvalue weighted by Crippen LogP contribution is -2.22. The topological polar surface area (TPSA) is 55.4 Å². The van der Waals surface area contributed by atoms with E-state index in [2.05, 4.69) is 11.1 Å². The van der Waals surface area contributed by atoms with Crippen LogP contribution >= 0.6 is 11.6 Å². The molecule has 0 aliphatic heterocycles. The molecule has 0 atom stereocenters. The molecule has 0 aliphatic carbocycles. The van der Waals surface area contributed by atoms with Crippen molar-refractivity contribution in [1.29, 1.82) is 0 Å². The van der Waals surface area contributed by atoms with Crippen molar-refractivity contribution in [2.45, 2.75) is 20.0 Å². The number of hydrogen-bond acceptors (Lipinski definition) is 4. The fraction of sp³-hybridized carbons (Fsp3) is 0.148. The van der Waals surface area contributed by atoms with Gasteiger partial charge in [-0.15, -0.1) is 0 Å². The van der Waals surface area contributed by atoms with Crippen LogP contribution in [-0.4, -0.2) is 31.1 Å². The number of benzene rings is 2. The van der Waals surface area contributed by atoms with Crippen LogP contribution in [0.4, 0.5) is 0 Å². The second kappa shape index (κ2) is 9.25. The first-order valence-corrected chi connectivity index (χ1v) is 11.4. The third kappa shape index (κ3) is 4.51. The quantitative estimate of drug-likeness (QED) is 0.345. The minimum Gasteiger partial charge on any atom is -0.296 e. The number of nitrogens with zero attached hydrogens (tertiary/aromatic N) is 5. The zero-order valence-electron chi connectivity index (χ0n) is 19.0. The molecule has 0 radical (unpaired) electrons. The summed E-state index contributed by atoms with van der Waals surface area (Å²) in [6.07, 6.45) is 3.81. The minimum atomic E-state index is -0.0733. The van der Waals surface area contributed by atoms with Gasteiger partial charge in [0.2, 0.25) is 0 Å². The molecule has 34 heavy (non-hydrogen) atoms. The van der Waals surface area contributed by atoms with E-state index in [0.717, 1.165) is 33.8 Å². The summed E-state index contributed by atoms with van der Waals surface area (Å²) in [7, 11) is 2.02. The van der Waals surface area contributed by atoms with Gasteiger partial charge in [-0.1, -0.05) is 48.0 Å². The Morgan fingerprint density at radius 2 is 1.74 bits per heavy atom. The molecular formula is C27H24ClN5O. The van der Waals surface area contributed by atoms with E-state index >= 15 is 0 Å². The van der Waals surface area contributed by atoms with Crippen molar-refractivity contribution in [3.63, 3.8) is 0 Å². The van der Waals surface area contributed by atoms with Gasteiger partial charge < -0.3 is 0 Å². The average Bonchev–Trinajstić information content (AvgIpc) is 3.24. The molecule has 0 saturated heterocycles. The summed E-state index contributed by atoms with van der Waals surface area (Å²) in [5, 5.41) is 5.57. The van der Waals surface area contributed by atoms with E-state index in [4.69, 9.17) is 21.7 Å². The van der Waals surface area contributed by atoms with Gasteiger partial charge in [-0.3, -0.25) is 14.1 Å². The Kier molecular flexibility index (Phi) is 6.01. The van der Waals surface area contributed by atoms with Crippen LogP contribution in [0.15, 0.2) is 90.0 Å². The van der Waals surface area contributed by atoms with E-state index in [1.54, 1.807) is 16.7 Å². The molecule has 0 amide bonds. The molecule has 0 unspecified atom stereocenters. The SMILES string of the molecule is Cc1cccn2c(=O)cc(CN(C)Cc3cn(-c4ccccc4)nc3-c3ccc(Cl)cc3)nc12. The van der Waals surface area contributed by atoms with Crippen LogP contribution in [0.25, 0.3) is 22.6 Å². The highest BCUT2D eigenvalue weighted by molar-refractivity contribution is 6.30. The van der Waals surface area contributed by atoms with Gasteiger partial charge in [-0.05, 0) is 49.9 Å². The van der Waals surface area contributed by atoms with E-state index in [9.17, 15) is 4.79 Å². The predicted octanol–water partition coefficient (Wildman–Crippen LogP) is 5.14.